The first-order valence-electron chi connectivity index (χ1n) is 4.60. The maximum Gasteiger partial charge on any atom is 0.262 e. The number of fused-ring (bicyclic) bond motifs is 1. The van der Waals surface area contributed by atoms with Crippen molar-refractivity contribution in [1.82, 2.24) is 5.16 Å². The second kappa shape index (κ2) is 4.20. The zero-order valence-electron chi connectivity index (χ0n) is 8.24. The number of ether oxygens (including phenoxy) is 1. The predicted octanol–water partition coefficient (Wildman–Crippen LogP) is 2.32. The summed E-state index contributed by atoms with van der Waals surface area (Å²) in [5.74, 6) is 0.489. The fourth-order valence-electron chi connectivity index (χ4n) is 1.20. The fourth-order valence-corrected chi connectivity index (χ4v) is 1.56. The molecule has 1 aromatic heterocycles. The van der Waals surface area contributed by atoms with Crippen LogP contribution < -0.4 is 10.5 Å². The fraction of sp³-hybridized carbons (Fsp3) is 0.300. The van der Waals surface area contributed by atoms with Crippen LogP contribution in [0.4, 0.5) is 0 Å². The quantitative estimate of drug-likeness (QED) is 0.930. The lowest BCUT2D eigenvalue weighted by Gasteiger charge is -2.04. The van der Waals surface area contributed by atoms with Gasteiger partial charge in [-0.1, -0.05) is 15.9 Å². The van der Waals surface area contributed by atoms with Gasteiger partial charge in [0.2, 0.25) is 0 Å². The summed E-state index contributed by atoms with van der Waals surface area (Å²) in [5, 5.41) is 4.69. The Kier molecular flexibility index (Phi) is 2.93. The van der Waals surface area contributed by atoms with E-state index in [1.54, 1.807) is 0 Å². The Morgan fingerprint density at radius 2 is 2.40 bits per heavy atom. The first-order valence-corrected chi connectivity index (χ1v) is 5.39. The molecule has 0 saturated carbocycles. The number of aromatic nitrogens is 1. The summed E-state index contributed by atoms with van der Waals surface area (Å²) < 4.78 is 11.5. The van der Waals surface area contributed by atoms with Gasteiger partial charge in [0.15, 0.2) is 5.58 Å². The van der Waals surface area contributed by atoms with Crippen LogP contribution in [-0.4, -0.2) is 17.8 Å². The average molecular weight is 271 g/mol. The molecule has 0 saturated heterocycles. The van der Waals surface area contributed by atoms with Crippen LogP contribution in [0.3, 0.4) is 0 Å². The van der Waals surface area contributed by atoms with Crippen molar-refractivity contribution in [3.8, 4) is 5.88 Å². The zero-order valence-corrected chi connectivity index (χ0v) is 9.82. The van der Waals surface area contributed by atoms with E-state index in [2.05, 4.69) is 21.1 Å². The Bertz CT molecular complexity index is 467. The average Bonchev–Trinajstić information content (AvgIpc) is 2.57. The molecule has 5 heteroatoms. The van der Waals surface area contributed by atoms with Crippen molar-refractivity contribution in [3.05, 3.63) is 22.7 Å². The first-order chi connectivity index (χ1) is 7.16. The molecule has 2 N–H and O–H groups in total. The van der Waals surface area contributed by atoms with Crippen LogP contribution in [0.1, 0.15) is 6.92 Å². The van der Waals surface area contributed by atoms with E-state index in [9.17, 15) is 0 Å². The van der Waals surface area contributed by atoms with Crippen molar-refractivity contribution < 1.29 is 9.26 Å². The van der Waals surface area contributed by atoms with E-state index < -0.39 is 0 Å². The molecule has 0 aliphatic carbocycles. The second-order valence-electron chi connectivity index (χ2n) is 3.42. The van der Waals surface area contributed by atoms with E-state index in [4.69, 9.17) is 15.0 Å². The molecule has 4 nitrogen and oxygen atoms in total. The minimum Gasteiger partial charge on any atom is -0.473 e. The third kappa shape index (κ3) is 2.30. The van der Waals surface area contributed by atoms with Crippen molar-refractivity contribution in [2.45, 2.75) is 13.0 Å². The van der Waals surface area contributed by atoms with E-state index in [0.717, 1.165) is 9.86 Å². The van der Waals surface area contributed by atoms with Crippen molar-refractivity contribution in [3.63, 3.8) is 0 Å². The van der Waals surface area contributed by atoms with Crippen LogP contribution in [-0.2, 0) is 0 Å². The summed E-state index contributed by atoms with van der Waals surface area (Å²) in [4.78, 5) is 0. The molecule has 0 fully saturated rings. The molecule has 0 bridgehead atoms. The number of hydrogen-bond donors (Lipinski definition) is 1. The molecule has 0 spiro atoms. The lowest BCUT2D eigenvalue weighted by Crippen LogP contribution is -2.23. The van der Waals surface area contributed by atoms with Crippen LogP contribution in [0.2, 0.25) is 0 Å². The first kappa shape index (κ1) is 10.4. The second-order valence-corrected chi connectivity index (χ2v) is 4.33. The summed E-state index contributed by atoms with van der Waals surface area (Å²) in [6.07, 6.45) is 0. The molecule has 1 aromatic carbocycles. The van der Waals surface area contributed by atoms with Gasteiger partial charge in [-0.3, -0.25) is 0 Å². The van der Waals surface area contributed by atoms with Crippen molar-refractivity contribution in [2.24, 2.45) is 5.73 Å². The summed E-state index contributed by atoms with van der Waals surface area (Å²) in [6.45, 7) is 2.30. The molecule has 0 amide bonds. The van der Waals surface area contributed by atoms with Gasteiger partial charge < -0.3 is 15.0 Å². The molecular weight excluding hydrogens is 260 g/mol. The zero-order chi connectivity index (χ0) is 10.8. The number of rotatable bonds is 3. The number of nitrogens with two attached hydrogens (primary N) is 1. The van der Waals surface area contributed by atoms with E-state index in [1.807, 2.05) is 25.1 Å². The van der Waals surface area contributed by atoms with Crippen LogP contribution in [0.25, 0.3) is 11.0 Å². The summed E-state index contributed by atoms with van der Waals surface area (Å²) in [5.41, 5.74) is 6.30. The van der Waals surface area contributed by atoms with Gasteiger partial charge in [0.1, 0.15) is 6.61 Å². The highest BCUT2D eigenvalue weighted by Crippen LogP contribution is 2.27. The molecule has 2 rings (SSSR count). The summed E-state index contributed by atoms with van der Waals surface area (Å²) in [6, 6.07) is 5.61. The predicted molar refractivity (Wildman–Crippen MR) is 60.9 cm³/mol. The Balaban J connectivity index is 2.31. The Hall–Kier alpha value is -1.07. The van der Waals surface area contributed by atoms with E-state index in [0.29, 0.717) is 18.1 Å². The normalized spacial score (nSPS) is 13.0. The topological polar surface area (TPSA) is 61.3 Å². The highest BCUT2D eigenvalue weighted by atomic mass is 79.9. The number of benzene rings is 1. The van der Waals surface area contributed by atoms with Gasteiger partial charge in [-0.15, -0.1) is 0 Å². The molecule has 1 atom stereocenters. The smallest absolute Gasteiger partial charge is 0.262 e. The van der Waals surface area contributed by atoms with Gasteiger partial charge in [-0.05, 0) is 30.3 Å². The monoisotopic (exact) mass is 270 g/mol. The van der Waals surface area contributed by atoms with Crippen molar-refractivity contribution >= 4 is 26.9 Å². The molecule has 1 unspecified atom stereocenters. The molecule has 0 radical (unpaired) electrons. The van der Waals surface area contributed by atoms with Gasteiger partial charge in [0, 0.05) is 10.5 Å². The van der Waals surface area contributed by atoms with Crippen LogP contribution in [0, 0.1) is 0 Å². The number of nitrogens with zero attached hydrogens (tertiary/aromatic N) is 1. The van der Waals surface area contributed by atoms with Crippen LogP contribution in [0.5, 0.6) is 5.88 Å². The Morgan fingerprint density at radius 3 is 3.13 bits per heavy atom. The van der Waals surface area contributed by atoms with Crippen LogP contribution in [0.15, 0.2) is 27.2 Å². The number of hydrogen-bond acceptors (Lipinski definition) is 4. The lowest BCUT2D eigenvalue weighted by atomic mass is 10.3. The summed E-state index contributed by atoms with van der Waals surface area (Å²) in [7, 11) is 0. The maximum atomic E-state index is 5.59. The molecular formula is C10H11BrN2O2. The third-order valence-corrected chi connectivity index (χ3v) is 2.38. The van der Waals surface area contributed by atoms with E-state index >= 15 is 0 Å². The largest absolute Gasteiger partial charge is 0.473 e. The molecule has 0 aliphatic rings. The van der Waals surface area contributed by atoms with Gasteiger partial charge in [0.25, 0.3) is 5.88 Å². The van der Waals surface area contributed by atoms with Gasteiger partial charge in [-0.2, -0.15) is 0 Å². The van der Waals surface area contributed by atoms with Crippen LogP contribution >= 0.6 is 15.9 Å². The van der Waals surface area contributed by atoms with E-state index in [1.165, 1.54) is 0 Å². The lowest BCUT2D eigenvalue weighted by molar-refractivity contribution is 0.268. The molecule has 0 aliphatic heterocycles. The van der Waals surface area contributed by atoms with Crippen molar-refractivity contribution in [2.75, 3.05) is 6.61 Å². The third-order valence-electron chi connectivity index (χ3n) is 1.88. The van der Waals surface area contributed by atoms with Gasteiger partial charge in [0.05, 0.1) is 5.39 Å². The summed E-state index contributed by atoms with van der Waals surface area (Å²) >= 11 is 3.38. The van der Waals surface area contributed by atoms with Crippen molar-refractivity contribution in [1.29, 1.82) is 0 Å². The molecule has 2 aromatic rings. The molecule has 1 heterocycles. The number of halogens is 1. The minimum absolute atomic E-state index is 0.0242. The van der Waals surface area contributed by atoms with Gasteiger partial charge in [-0.25, -0.2) is 0 Å². The Morgan fingerprint density at radius 1 is 1.60 bits per heavy atom. The molecule has 80 valence electrons. The highest BCUT2D eigenvalue weighted by molar-refractivity contribution is 9.10. The van der Waals surface area contributed by atoms with E-state index in [-0.39, 0.29) is 6.04 Å². The SMILES string of the molecule is CC(N)COc1noc2ccc(Br)cc12. The standard InChI is InChI=1S/C10H11BrN2O2/c1-6(12)5-14-10-8-4-7(11)2-3-9(8)15-13-10/h2-4,6H,5,12H2,1H3. The Labute approximate surface area is 95.5 Å². The molecule has 15 heavy (non-hydrogen) atoms. The maximum absolute atomic E-state index is 5.59. The van der Waals surface area contributed by atoms with Gasteiger partial charge >= 0.3 is 0 Å². The highest BCUT2D eigenvalue weighted by Gasteiger charge is 2.09. The minimum atomic E-state index is -0.0242.